The van der Waals surface area contributed by atoms with Crippen LogP contribution in [0, 0.1) is 11.8 Å². The van der Waals surface area contributed by atoms with Crippen LogP contribution in [0.5, 0.6) is 0 Å². The summed E-state index contributed by atoms with van der Waals surface area (Å²) in [6.07, 6.45) is 5.25. The van der Waals surface area contributed by atoms with Crippen LogP contribution in [0.3, 0.4) is 0 Å². The van der Waals surface area contributed by atoms with Crippen LogP contribution < -0.4 is 0 Å². The minimum atomic E-state index is -0.313. The Morgan fingerprint density at radius 3 is 2.13 bits per heavy atom. The van der Waals surface area contributed by atoms with Crippen LogP contribution in [0.4, 0.5) is 0 Å². The van der Waals surface area contributed by atoms with E-state index in [-0.39, 0.29) is 6.10 Å². The second kappa shape index (κ2) is 5.28. The zero-order chi connectivity index (χ0) is 10.7. The molecule has 0 aromatic carbocycles. The molecular weight excluding hydrogens is 190 g/mol. The van der Waals surface area contributed by atoms with E-state index in [0.29, 0.717) is 6.61 Å². The molecule has 2 fully saturated rings. The fourth-order valence-corrected chi connectivity index (χ4v) is 2.10. The molecule has 0 bridgehead atoms. The van der Waals surface area contributed by atoms with Crippen LogP contribution in [0.1, 0.15) is 25.7 Å². The zero-order valence-electron chi connectivity index (χ0n) is 9.69. The van der Waals surface area contributed by atoms with Crippen LogP contribution >= 0.6 is 0 Å². The lowest BCUT2D eigenvalue weighted by Crippen LogP contribution is -2.37. The van der Waals surface area contributed by atoms with Gasteiger partial charge in [0.25, 0.3) is 0 Å². The predicted molar refractivity (Wildman–Crippen MR) is 59.8 cm³/mol. The molecule has 1 unspecified atom stereocenters. The van der Waals surface area contributed by atoms with Gasteiger partial charge in [0.05, 0.1) is 12.7 Å². The Morgan fingerprint density at radius 1 is 1.20 bits per heavy atom. The standard InChI is InChI=1S/C12H23NO2/c1-15-9-12(14)8-13(6-10-2-3-10)7-11-4-5-11/h10-12,14H,2-9H2,1H3. The van der Waals surface area contributed by atoms with E-state index in [1.165, 1.54) is 38.8 Å². The smallest absolute Gasteiger partial charge is 0.0900 e. The van der Waals surface area contributed by atoms with E-state index in [2.05, 4.69) is 4.90 Å². The monoisotopic (exact) mass is 213 g/mol. The first-order valence-corrected chi connectivity index (χ1v) is 6.17. The molecule has 3 heteroatoms. The van der Waals surface area contributed by atoms with Gasteiger partial charge >= 0.3 is 0 Å². The summed E-state index contributed by atoms with van der Waals surface area (Å²) in [5.74, 6) is 1.83. The highest BCUT2D eigenvalue weighted by molar-refractivity contribution is 4.83. The molecule has 0 amide bonds. The lowest BCUT2D eigenvalue weighted by molar-refractivity contribution is 0.0355. The van der Waals surface area contributed by atoms with Crippen LogP contribution in [-0.2, 0) is 4.74 Å². The molecule has 2 aliphatic rings. The topological polar surface area (TPSA) is 32.7 Å². The SMILES string of the molecule is COCC(O)CN(CC1CC1)CC1CC1. The molecule has 1 atom stereocenters. The third-order valence-corrected chi connectivity index (χ3v) is 3.25. The van der Waals surface area contributed by atoms with Gasteiger partial charge in [0.1, 0.15) is 0 Å². The van der Waals surface area contributed by atoms with Crippen molar-refractivity contribution in [1.82, 2.24) is 4.90 Å². The number of methoxy groups -OCH3 is 1. The van der Waals surface area contributed by atoms with E-state index < -0.39 is 0 Å². The van der Waals surface area contributed by atoms with E-state index in [1.807, 2.05) is 0 Å². The molecule has 0 aliphatic heterocycles. The predicted octanol–water partition coefficient (Wildman–Crippen LogP) is 1.12. The molecule has 3 nitrogen and oxygen atoms in total. The van der Waals surface area contributed by atoms with E-state index in [9.17, 15) is 5.11 Å². The zero-order valence-corrected chi connectivity index (χ0v) is 9.69. The third-order valence-electron chi connectivity index (χ3n) is 3.25. The number of hydrogen-bond donors (Lipinski definition) is 1. The van der Waals surface area contributed by atoms with Crippen molar-refractivity contribution in [3.63, 3.8) is 0 Å². The van der Waals surface area contributed by atoms with Crippen LogP contribution in [-0.4, -0.2) is 49.5 Å². The van der Waals surface area contributed by atoms with Crippen LogP contribution in [0.25, 0.3) is 0 Å². The Morgan fingerprint density at radius 2 is 1.73 bits per heavy atom. The van der Waals surface area contributed by atoms with Crippen molar-refractivity contribution in [2.45, 2.75) is 31.8 Å². The largest absolute Gasteiger partial charge is 0.389 e. The van der Waals surface area contributed by atoms with Crippen molar-refractivity contribution in [3.05, 3.63) is 0 Å². The van der Waals surface area contributed by atoms with Gasteiger partial charge in [0.15, 0.2) is 0 Å². The summed E-state index contributed by atoms with van der Waals surface area (Å²) in [7, 11) is 1.65. The minimum Gasteiger partial charge on any atom is -0.389 e. The van der Waals surface area contributed by atoms with Gasteiger partial charge in [-0.3, -0.25) is 0 Å². The molecule has 0 radical (unpaired) electrons. The van der Waals surface area contributed by atoms with Gasteiger partial charge in [0.2, 0.25) is 0 Å². The molecule has 88 valence electrons. The summed E-state index contributed by atoms with van der Waals surface area (Å²) in [6.45, 7) is 3.64. The van der Waals surface area contributed by atoms with E-state index in [1.54, 1.807) is 7.11 Å². The highest BCUT2D eigenvalue weighted by Gasteiger charge is 2.29. The van der Waals surface area contributed by atoms with Crippen LogP contribution in [0.2, 0.25) is 0 Å². The number of ether oxygens (including phenoxy) is 1. The summed E-state index contributed by atoms with van der Waals surface area (Å²) in [5, 5.41) is 9.72. The fourth-order valence-electron chi connectivity index (χ4n) is 2.10. The van der Waals surface area contributed by atoms with Crippen molar-refractivity contribution in [3.8, 4) is 0 Å². The molecule has 15 heavy (non-hydrogen) atoms. The van der Waals surface area contributed by atoms with Crippen molar-refractivity contribution in [1.29, 1.82) is 0 Å². The molecule has 0 spiro atoms. The molecule has 2 aliphatic carbocycles. The molecule has 1 N–H and O–H groups in total. The molecule has 2 saturated carbocycles. The van der Waals surface area contributed by atoms with Crippen molar-refractivity contribution >= 4 is 0 Å². The van der Waals surface area contributed by atoms with Gasteiger partial charge in [-0.1, -0.05) is 0 Å². The summed E-state index contributed by atoms with van der Waals surface area (Å²) >= 11 is 0. The summed E-state index contributed by atoms with van der Waals surface area (Å²) < 4.78 is 4.97. The van der Waals surface area contributed by atoms with Gasteiger partial charge in [-0.25, -0.2) is 0 Å². The van der Waals surface area contributed by atoms with E-state index >= 15 is 0 Å². The van der Waals surface area contributed by atoms with Gasteiger partial charge < -0.3 is 14.7 Å². The number of aliphatic hydroxyl groups excluding tert-OH is 1. The lowest BCUT2D eigenvalue weighted by Gasteiger charge is -2.24. The third kappa shape index (κ3) is 4.49. The molecule has 0 heterocycles. The number of nitrogens with zero attached hydrogens (tertiary/aromatic N) is 1. The first-order valence-electron chi connectivity index (χ1n) is 6.17. The highest BCUT2D eigenvalue weighted by atomic mass is 16.5. The molecule has 0 aromatic heterocycles. The van der Waals surface area contributed by atoms with Gasteiger partial charge in [0, 0.05) is 26.7 Å². The van der Waals surface area contributed by atoms with Gasteiger partial charge in [-0.05, 0) is 37.5 Å². The van der Waals surface area contributed by atoms with Crippen molar-refractivity contribution < 1.29 is 9.84 Å². The second-order valence-corrected chi connectivity index (χ2v) is 5.21. The number of hydrogen-bond acceptors (Lipinski definition) is 3. The molecular formula is C12H23NO2. The highest BCUT2D eigenvalue weighted by Crippen LogP contribution is 2.33. The van der Waals surface area contributed by atoms with E-state index in [4.69, 9.17) is 4.74 Å². The number of aliphatic hydroxyl groups is 1. The fraction of sp³-hybridized carbons (Fsp3) is 1.00. The first-order chi connectivity index (χ1) is 7.28. The van der Waals surface area contributed by atoms with E-state index in [0.717, 1.165) is 18.4 Å². The van der Waals surface area contributed by atoms with Gasteiger partial charge in [-0.15, -0.1) is 0 Å². The second-order valence-electron chi connectivity index (χ2n) is 5.21. The first kappa shape index (κ1) is 11.4. The normalized spacial score (nSPS) is 23.4. The maximum atomic E-state index is 9.72. The average Bonchev–Trinajstić information content (AvgIpc) is 2.99. The maximum absolute atomic E-state index is 9.72. The Labute approximate surface area is 92.4 Å². The molecule has 0 aromatic rings. The Balaban J connectivity index is 1.69. The molecule has 0 saturated heterocycles. The van der Waals surface area contributed by atoms with Crippen molar-refractivity contribution in [2.75, 3.05) is 33.4 Å². The Hall–Kier alpha value is -0.120. The Bertz CT molecular complexity index is 176. The minimum absolute atomic E-state index is 0.313. The summed E-state index contributed by atoms with van der Waals surface area (Å²) in [4.78, 5) is 2.44. The summed E-state index contributed by atoms with van der Waals surface area (Å²) in [6, 6.07) is 0. The maximum Gasteiger partial charge on any atom is 0.0900 e. The van der Waals surface area contributed by atoms with Gasteiger partial charge in [-0.2, -0.15) is 0 Å². The quantitative estimate of drug-likeness (QED) is 0.656. The van der Waals surface area contributed by atoms with Crippen LogP contribution in [0.15, 0.2) is 0 Å². The Kier molecular flexibility index (Phi) is 4.00. The average molecular weight is 213 g/mol. The number of rotatable bonds is 8. The molecule has 2 rings (SSSR count). The summed E-state index contributed by atoms with van der Waals surface area (Å²) in [5.41, 5.74) is 0. The lowest BCUT2D eigenvalue weighted by atomic mass is 10.2. The van der Waals surface area contributed by atoms with Crippen molar-refractivity contribution in [2.24, 2.45) is 11.8 Å².